The van der Waals surface area contributed by atoms with Gasteiger partial charge >= 0.3 is 5.97 Å². The van der Waals surface area contributed by atoms with Crippen molar-refractivity contribution in [3.05, 3.63) is 47.4 Å². The van der Waals surface area contributed by atoms with Crippen molar-refractivity contribution in [2.45, 2.75) is 30.6 Å². The number of halogens is 2. The second-order valence-electron chi connectivity index (χ2n) is 7.73. The van der Waals surface area contributed by atoms with Crippen molar-refractivity contribution in [3.8, 4) is 18.2 Å². The highest BCUT2D eigenvalue weighted by molar-refractivity contribution is 8.15. The summed E-state index contributed by atoms with van der Waals surface area (Å²) in [5.74, 6) is -1.31. The molecule has 3 N–H and O–H groups in total. The highest BCUT2D eigenvalue weighted by Gasteiger charge is 2.48. The third-order valence-electron chi connectivity index (χ3n) is 5.02. The number of anilines is 1. The number of aliphatic imine (C=N–C) groups is 1. The number of amidine groups is 1. The molecule has 2 aromatic rings. The molecule has 0 spiro atoms. The quantitative estimate of drug-likeness (QED) is 0.468. The number of esters is 1. The van der Waals surface area contributed by atoms with E-state index < -0.39 is 33.8 Å². The second-order valence-corrected chi connectivity index (χ2v) is 9.26. The van der Waals surface area contributed by atoms with Gasteiger partial charge in [0.1, 0.15) is 10.4 Å². The first kappa shape index (κ1) is 24.9. The van der Waals surface area contributed by atoms with Gasteiger partial charge < -0.3 is 20.5 Å². The normalized spacial score (nSPS) is 21.7. The topological polar surface area (TPSA) is 129 Å². The van der Waals surface area contributed by atoms with Crippen molar-refractivity contribution in [1.29, 1.82) is 0 Å². The highest BCUT2D eigenvalue weighted by Crippen LogP contribution is 2.47. The molecule has 178 valence electrons. The lowest BCUT2D eigenvalue weighted by molar-refractivity contribution is -0.143. The average Bonchev–Trinajstić information content (AvgIpc) is 2.78. The maximum absolute atomic E-state index is 14.9. The lowest BCUT2D eigenvalue weighted by atomic mass is 9.82. The Labute approximate surface area is 198 Å². The van der Waals surface area contributed by atoms with Crippen LogP contribution >= 0.6 is 11.8 Å². The van der Waals surface area contributed by atoms with Gasteiger partial charge in [0, 0.05) is 23.7 Å². The monoisotopic (exact) mass is 489 g/mol. The number of carbonyl (C=O) groups excluding carboxylic acids is 2. The molecule has 1 amide bonds. The van der Waals surface area contributed by atoms with Crippen LogP contribution < -0.4 is 15.8 Å². The predicted molar refractivity (Wildman–Crippen MR) is 122 cm³/mol. The number of benzene rings is 1. The van der Waals surface area contributed by atoms with Gasteiger partial charge in [-0.2, -0.15) is 0 Å². The Morgan fingerprint density at radius 3 is 2.65 bits per heavy atom. The first-order valence-electron chi connectivity index (χ1n) is 9.83. The molecule has 2 heterocycles. The largest absolute Gasteiger partial charge is 0.468 e. The molecule has 0 bridgehead atoms. The molecule has 2 atom stereocenters. The minimum Gasteiger partial charge on any atom is -0.468 e. The Morgan fingerprint density at radius 1 is 1.29 bits per heavy atom. The predicted octanol–water partition coefficient (Wildman–Crippen LogP) is 2.62. The molecule has 0 radical (unpaired) electrons. The van der Waals surface area contributed by atoms with E-state index in [2.05, 4.69) is 26.2 Å². The summed E-state index contributed by atoms with van der Waals surface area (Å²) >= 11 is 0.977. The molecule has 9 nitrogen and oxygen atoms in total. The fourth-order valence-electron chi connectivity index (χ4n) is 3.59. The molecule has 12 heteroatoms. The number of rotatable bonds is 6. The van der Waals surface area contributed by atoms with E-state index in [4.69, 9.17) is 21.6 Å². The molecule has 0 fully saturated rings. The van der Waals surface area contributed by atoms with E-state index in [0.29, 0.717) is 0 Å². The van der Waals surface area contributed by atoms with Crippen molar-refractivity contribution < 1.29 is 27.8 Å². The zero-order chi connectivity index (χ0) is 25.1. The van der Waals surface area contributed by atoms with Crippen LogP contribution in [0, 0.1) is 24.0 Å². The summed E-state index contributed by atoms with van der Waals surface area (Å²) in [6.45, 7) is 3.08. The van der Waals surface area contributed by atoms with Crippen LogP contribution in [-0.4, -0.2) is 45.5 Å². The van der Waals surface area contributed by atoms with Crippen LogP contribution in [0.3, 0.4) is 0 Å². The summed E-state index contributed by atoms with van der Waals surface area (Å²) in [6.07, 6.45) is 7.42. The molecule has 3 rings (SSSR count). The molecule has 1 aliphatic heterocycles. The van der Waals surface area contributed by atoms with Crippen LogP contribution in [0.5, 0.6) is 5.88 Å². The SMILES string of the molecule is C#CCOc1cnc(C(=O)Nc2cc(F)c(F)c([C@]3(C)C[C@](C)(C(=O)OC)SC(N)=N3)c2)cn1. The van der Waals surface area contributed by atoms with E-state index >= 15 is 0 Å². The number of nitrogens with two attached hydrogens (primary N) is 1. The van der Waals surface area contributed by atoms with Gasteiger partial charge in [0.2, 0.25) is 5.88 Å². The van der Waals surface area contributed by atoms with Crippen molar-refractivity contribution in [2.75, 3.05) is 19.0 Å². The van der Waals surface area contributed by atoms with Crippen LogP contribution in [0.1, 0.15) is 36.3 Å². The lowest BCUT2D eigenvalue weighted by Crippen LogP contribution is -2.46. The number of carbonyl (C=O) groups is 2. The molecule has 34 heavy (non-hydrogen) atoms. The van der Waals surface area contributed by atoms with Gasteiger partial charge in [-0.1, -0.05) is 17.7 Å². The second kappa shape index (κ2) is 9.64. The Kier molecular flexibility index (Phi) is 7.07. The number of terminal acetylenes is 1. The van der Waals surface area contributed by atoms with E-state index in [-0.39, 0.29) is 41.0 Å². The fourth-order valence-corrected chi connectivity index (χ4v) is 4.81. The van der Waals surface area contributed by atoms with Gasteiger partial charge in [-0.05, 0) is 19.9 Å². The first-order valence-corrected chi connectivity index (χ1v) is 10.6. The summed E-state index contributed by atoms with van der Waals surface area (Å²) in [7, 11) is 1.22. The molecule has 1 aromatic heterocycles. The summed E-state index contributed by atoms with van der Waals surface area (Å²) < 4.78 is 38.2. The van der Waals surface area contributed by atoms with Crippen LogP contribution in [0.25, 0.3) is 0 Å². The standard InChI is InChI=1S/C22H21F2N5O4S/c1-5-6-33-16-10-26-15(9-27-16)18(30)28-12-7-13(17(24)14(23)8-12)21(2)11-22(3,19(31)32-4)34-20(25)29-21/h1,7-10H,6,11H2,2-4H3,(H2,25,29)(H,28,30)/t21-,22+/m0/s1. The van der Waals surface area contributed by atoms with Gasteiger partial charge in [-0.3, -0.25) is 14.6 Å². The van der Waals surface area contributed by atoms with Crippen molar-refractivity contribution >= 4 is 34.5 Å². The van der Waals surface area contributed by atoms with Gasteiger partial charge in [0.25, 0.3) is 5.91 Å². The van der Waals surface area contributed by atoms with Crippen molar-refractivity contribution in [3.63, 3.8) is 0 Å². The molecule has 0 saturated heterocycles. The molecule has 1 aromatic carbocycles. The number of methoxy groups -OCH3 is 1. The molecule has 0 unspecified atom stereocenters. The number of thioether (sulfide) groups is 1. The van der Waals surface area contributed by atoms with E-state index in [9.17, 15) is 18.4 Å². The number of aromatic nitrogens is 2. The van der Waals surface area contributed by atoms with Crippen molar-refractivity contribution in [2.24, 2.45) is 10.7 Å². The molecule has 1 aliphatic rings. The van der Waals surface area contributed by atoms with Crippen LogP contribution in [0.4, 0.5) is 14.5 Å². The highest BCUT2D eigenvalue weighted by atomic mass is 32.2. The number of nitrogens with zero attached hydrogens (tertiary/aromatic N) is 3. The van der Waals surface area contributed by atoms with Crippen LogP contribution in [0.2, 0.25) is 0 Å². The molecule has 0 saturated carbocycles. The van der Waals surface area contributed by atoms with E-state index in [0.717, 1.165) is 24.0 Å². The van der Waals surface area contributed by atoms with Gasteiger partial charge in [0.05, 0.1) is 25.0 Å². The maximum Gasteiger partial charge on any atom is 0.322 e. The summed E-state index contributed by atoms with van der Waals surface area (Å²) in [6, 6.07) is 2.06. The van der Waals surface area contributed by atoms with Gasteiger partial charge in [-0.25, -0.2) is 18.7 Å². The van der Waals surface area contributed by atoms with Crippen LogP contribution in [0.15, 0.2) is 29.5 Å². The average molecular weight is 490 g/mol. The Morgan fingerprint density at radius 2 is 2.03 bits per heavy atom. The smallest absolute Gasteiger partial charge is 0.322 e. The fraction of sp³-hybridized carbons (Fsp3) is 0.318. The van der Waals surface area contributed by atoms with Crippen LogP contribution in [-0.2, 0) is 15.1 Å². The Bertz CT molecular complexity index is 1200. The van der Waals surface area contributed by atoms with Gasteiger partial charge in [0.15, 0.2) is 23.4 Å². The van der Waals surface area contributed by atoms with E-state index in [1.807, 2.05) is 0 Å². The molecular weight excluding hydrogens is 468 g/mol. The zero-order valence-corrected chi connectivity index (χ0v) is 19.3. The number of hydrogen-bond donors (Lipinski definition) is 2. The number of amides is 1. The third-order valence-corrected chi connectivity index (χ3v) is 6.08. The summed E-state index contributed by atoms with van der Waals surface area (Å²) in [5, 5.41) is 2.47. The molecule has 0 aliphatic carbocycles. The van der Waals surface area contributed by atoms with E-state index in [1.165, 1.54) is 26.3 Å². The number of hydrogen-bond acceptors (Lipinski definition) is 9. The maximum atomic E-state index is 14.9. The zero-order valence-electron chi connectivity index (χ0n) is 18.5. The van der Waals surface area contributed by atoms with E-state index in [1.54, 1.807) is 6.92 Å². The summed E-state index contributed by atoms with van der Waals surface area (Å²) in [4.78, 5) is 37.0. The first-order chi connectivity index (χ1) is 16.0. The van der Waals surface area contributed by atoms with Crippen molar-refractivity contribution in [1.82, 2.24) is 9.97 Å². The minimum absolute atomic E-state index is 0.0123. The van der Waals surface area contributed by atoms with Gasteiger partial charge in [-0.15, -0.1) is 6.42 Å². The molecular formula is C22H21F2N5O4S. The Balaban J connectivity index is 1.92. The number of ether oxygens (including phenoxy) is 2. The Hall–Kier alpha value is -3.72. The number of nitrogens with one attached hydrogen (secondary N) is 1. The lowest BCUT2D eigenvalue weighted by Gasteiger charge is -2.39. The summed E-state index contributed by atoms with van der Waals surface area (Å²) in [5.41, 5.74) is 4.17. The third kappa shape index (κ3) is 5.09. The minimum atomic E-state index is -1.42.